The van der Waals surface area contributed by atoms with Crippen LogP contribution in [-0.2, 0) is 38.1 Å². The van der Waals surface area contributed by atoms with Gasteiger partial charge in [-0.3, -0.25) is 9.59 Å². The number of ether oxygens (including phenoxy) is 4. The number of allylic oxidation sites excluding steroid dienone is 1. The minimum atomic E-state index is -1.84. The van der Waals surface area contributed by atoms with Gasteiger partial charge in [0.25, 0.3) is 0 Å². The monoisotopic (exact) mass is 462 g/mol. The summed E-state index contributed by atoms with van der Waals surface area (Å²) in [6.45, 7) is 12.7. The zero-order valence-electron chi connectivity index (χ0n) is 19.6. The summed E-state index contributed by atoms with van der Waals surface area (Å²) in [4.78, 5) is 49.2. The molecular weight excluding hydrogens is 432 g/mol. The van der Waals surface area contributed by atoms with Crippen molar-refractivity contribution in [2.24, 2.45) is 17.8 Å². The maximum Gasteiger partial charge on any atom is 0.334 e. The molecule has 0 aromatic rings. The van der Waals surface area contributed by atoms with Gasteiger partial charge in [-0.1, -0.05) is 18.2 Å². The zero-order valence-corrected chi connectivity index (χ0v) is 19.6. The predicted molar refractivity (Wildman–Crippen MR) is 114 cm³/mol. The Balaban J connectivity index is 2.21. The van der Waals surface area contributed by atoms with Crippen LogP contribution in [-0.4, -0.2) is 59.0 Å². The first-order chi connectivity index (χ1) is 15.3. The summed E-state index contributed by atoms with van der Waals surface area (Å²) in [7, 11) is 0. The summed E-state index contributed by atoms with van der Waals surface area (Å²) in [6, 6.07) is 0. The summed E-state index contributed by atoms with van der Waals surface area (Å²) in [5, 5.41) is 11.8. The average Bonchev–Trinajstić information content (AvgIpc) is 3.16. The van der Waals surface area contributed by atoms with Gasteiger partial charge >= 0.3 is 23.9 Å². The highest BCUT2D eigenvalue weighted by Gasteiger charge is 2.66. The molecule has 9 nitrogen and oxygen atoms in total. The molecule has 3 rings (SSSR count). The summed E-state index contributed by atoms with van der Waals surface area (Å²) < 4.78 is 22.4. The molecule has 8 atom stereocenters. The van der Waals surface area contributed by atoms with Gasteiger partial charge in [0, 0.05) is 36.8 Å². The van der Waals surface area contributed by atoms with Gasteiger partial charge in [-0.15, -0.1) is 0 Å². The van der Waals surface area contributed by atoms with Crippen molar-refractivity contribution in [1.82, 2.24) is 0 Å². The van der Waals surface area contributed by atoms with Crippen LogP contribution < -0.4 is 0 Å². The molecule has 1 aliphatic heterocycles. The molecule has 0 amide bonds. The van der Waals surface area contributed by atoms with E-state index < -0.39 is 71.6 Å². The fraction of sp³-hybridized carbons (Fsp3) is 0.583. The molecule has 9 heteroatoms. The number of rotatable bonds is 4. The number of carbonyl (C=O) groups excluding carboxylic acids is 4. The van der Waals surface area contributed by atoms with Crippen molar-refractivity contribution in [3.63, 3.8) is 0 Å². The van der Waals surface area contributed by atoms with E-state index in [4.69, 9.17) is 18.9 Å². The highest BCUT2D eigenvalue weighted by molar-refractivity contribution is 5.92. The van der Waals surface area contributed by atoms with E-state index in [0.717, 1.165) is 5.57 Å². The van der Waals surface area contributed by atoms with Gasteiger partial charge in [-0.2, -0.15) is 0 Å². The topological polar surface area (TPSA) is 125 Å². The lowest BCUT2D eigenvalue weighted by atomic mass is 9.74. The van der Waals surface area contributed by atoms with Gasteiger partial charge in [0.2, 0.25) is 0 Å². The van der Waals surface area contributed by atoms with Gasteiger partial charge in [-0.25, -0.2) is 9.59 Å². The Morgan fingerprint density at radius 1 is 1.12 bits per heavy atom. The van der Waals surface area contributed by atoms with Crippen molar-refractivity contribution in [2.45, 2.75) is 71.6 Å². The molecule has 0 unspecified atom stereocenters. The Kier molecular flexibility index (Phi) is 6.57. The number of fused-ring (bicyclic) bond motifs is 3. The maximum absolute atomic E-state index is 12.7. The fourth-order valence-corrected chi connectivity index (χ4v) is 5.25. The first-order valence-corrected chi connectivity index (χ1v) is 10.8. The lowest BCUT2D eigenvalue weighted by Crippen LogP contribution is -2.58. The largest absolute Gasteiger partial charge is 0.458 e. The highest BCUT2D eigenvalue weighted by atomic mass is 16.6. The third kappa shape index (κ3) is 4.21. The number of carbonyl (C=O) groups is 4. The molecule has 0 aromatic carbocycles. The molecule has 1 saturated carbocycles. The second-order valence-corrected chi connectivity index (χ2v) is 9.05. The fourth-order valence-electron chi connectivity index (χ4n) is 5.25. The molecule has 0 radical (unpaired) electrons. The first-order valence-electron chi connectivity index (χ1n) is 10.8. The smallest absolute Gasteiger partial charge is 0.334 e. The Morgan fingerprint density at radius 2 is 1.73 bits per heavy atom. The van der Waals surface area contributed by atoms with E-state index in [9.17, 15) is 24.3 Å². The number of hydrogen-bond donors (Lipinski definition) is 1. The van der Waals surface area contributed by atoms with Crippen molar-refractivity contribution >= 4 is 23.9 Å². The van der Waals surface area contributed by atoms with E-state index in [1.54, 1.807) is 32.9 Å². The summed E-state index contributed by atoms with van der Waals surface area (Å²) in [5.41, 5.74) is -0.770. The molecule has 0 spiro atoms. The van der Waals surface area contributed by atoms with Crippen molar-refractivity contribution in [1.29, 1.82) is 0 Å². The SMILES string of the molecule is C=C1C(=O)O[C@H]2[C@H]1[C@@H](OC(=O)/C(C)=C/C)[C@@H](OC(C)=O)[C@@](C)(O)[C@H]1[C@@H]2C(C)=C[C@H]1OC(C)=O. The second kappa shape index (κ2) is 8.78. The molecule has 1 N–H and O–H groups in total. The van der Waals surface area contributed by atoms with Crippen molar-refractivity contribution in [3.8, 4) is 0 Å². The first kappa shape index (κ1) is 24.7. The average molecular weight is 462 g/mol. The molecule has 0 aromatic heterocycles. The minimum Gasteiger partial charge on any atom is -0.458 e. The van der Waals surface area contributed by atoms with Crippen LogP contribution in [0.4, 0.5) is 0 Å². The summed E-state index contributed by atoms with van der Waals surface area (Å²) in [5.74, 6) is -4.98. The maximum atomic E-state index is 12.7. The van der Waals surface area contributed by atoms with Crippen LogP contribution in [0.25, 0.3) is 0 Å². The van der Waals surface area contributed by atoms with E-state index in [2.05, 4.69) is 6.58 Å². The number of esters is 4. The normalized spacial score (nSPS) is 37.8. The van der Waals surface area contributed by atoms with Crippen LogP contribution in [0.2, 0.25) is 0 Å². The Labute approximate surface area is 192 Å². The van der Waals surface area contributed by atoms with E-state index >= 15 is 0 Å². The number of aliphatic hydroxyl groups is 1. The Morgan fingerprint density at radius 3 is 2.27 bits per heavy atom. The van der Waals surface area contributed by atoms with Crippen LogP contribution in [0.3, 0.4) is 0 Å². The Hall–Kier alpha value is -2.94. The van der Waals surface area contributed by atoms with Crippen LogP contribution in [0, 0.1) is 17.8 Å². The lowest BCUT2D eigenvalue weighted by molar-refractivity contribution is -0.202. The third-order valence-electron chi connectivity index (χ3n) is 6.81. The van der Waals surface area contributed by atoms with Gasteiger partial charge in [-0.05, 0) is 33.8 Å². The van der Waals surface area contributed by atoms with E-state index in [1.807, 2.05) is 0 Å². The van der Waals surface area contributed by atoms with Crippen molar-refractivity contribution in [2.75, 3.05) is 0 Å². The van der Waals surface area contributed by atoms with Gasteiger partial charge < -0.3 is 24.1 Å². The molecule has 3 aliphatic rings. The molecule has 2 fully saturated rings. The molecule has 1 saturated heterocycles. The zero-order chi connectivity index (χ0) is 24.8. The van der Waals surface area contributed by atoms with E-state index in [1.165, 1.54) is 20.8 Å². The Bertz CT molecular complexity index is 957. The van der Waals surface area contributed by atoms with E-state index in [-0.39, 0.29) is 5.57 Å². The van der Waals surface area contributed by atoms with Crippen LogP contribution in [0.1, 0.15) is 41.5 Å². The summed E-state index contributed by atoms with van der Waals surface area (Å²) >= 11 is 0. The molecule has 0 bridgehead atoms. The van der Waals surface area contributed by atoms with Crippen LogP contribution in [0.15, 0.2) is 35.5 Å². The lowest BCUT2D eigenvalue weighted by Gasteiger charge is -2.42. The molecule has 180 valence electrons. The standard InChI is InChI=1S/C24H30O9/c1-8-10(2)22(27)33-20-17-12(4)23(28)32-19(17)16-11(3)9-15(30-13(5)25)18(16)24(7,29)21(20)31-14(6)26/h8-9,15-21,29H,4H2,1-3,5-7H3/b10-8+/t15-,16+,17+,18-,19-,20-,21-,24+/m1/s1. The van der Waals surface area contributed by atoms with Crippen LogP contribution in [0.5, 0.6) is 0 Å². The second-order valence-electron chi connectivity index (χ2n) is 9.05. The van der Waals surface area contributed by atoms with E-state index in [0.29, 0.717) is 5.57 Å². The molecular formula is C24H30O9. The molecule has 1 heterocycles. The third-order valence-corrected chi connectivity index (χ3v) is 6.81. The van der Waals surface area contributed by atoms with Gasteiger partial charge in [0.15, 0.2) is 12.2 Å². The highest BCUT2D eigenvalue weighted by Crippen LogP contribution is 2.54. The van der Waals surface area contributed by atoms with Crippen molar-refractivity contribution < 1.29 is 43.2 Å². The van der Waals surface area contributed by atoms with Crippen molar-refractivity contribution in [3.05, 3.63) is 35.5 Å². The van der Waals surface area contributed by atoms with Gasteiger partial charge in [0.1, 0.15) is 17.8 Å². The predicted octanol–water partition coefficient (Wildman–Crippen LogP) is 1.78. The number of hydrogen-bond acceptors (Lipinski definition) is 9. The minimum absolute atomic E-state index is 0.0493. The quantitative estimate of drug-likeness (QED) is 0.288. The molecule has 2 aliphatic carbocycles. The molecule has 33 heavy (non-hydrogen) atoms. The van der Waals surface area contributed by atoms with Crippen LogP contribution >= 0.6 is 0 Å². The van der Waals surface area contributed by atoms with Gasteiger partial charge in [0.05, 0.1) is 5.92 Å². The summed E-state index contributed by atoms with van der Waals surface area (Å²) in [6.07, 6.45) is -1.17.